The van der Waals surface area contributed by atoms with Crippen LogP contribution in [0.3, 0.4) is 0 Å². The number of hydrogen-bond acceptors (Lipinski definition) is 5. The van der Waals surface area contributed by atoms with E-state index in [0.717, 1.165) is 22.0 Å². The first-order valence-corrected chi connectivity index (χ1v) is 10.8. The Hall–Kier alpha value is -3.38. The van der Waals surface area contributed by atoms with Crippen LogP contribution in [0.25, 0.3) is 10.8 Å². The third-order valence-corrected chi connectivity index (χ3v) is 6.27. The summed E-state index contributed by atoms with van der Waals surface area (Å²) in [5.41, 5.74) is 2.78. The van der Waals surface area contributed by atoms with E-state index in [0.29, 0.717) is 17.2 Å². The highest BCUT2D eigenvalue weighted by Crippen LogP contribution is 2.28. The molecule has 0 radical (unpaired) electrons. The van der Waals surface area contributed by atoms with Gasteiger partial charge in [-0.3, -0.25) is 4.79 Å². The summed E-state index contributed by atoms with van der Waals surface area (Å²) in [6.07, 6.45) is 1.03. The standard InChI is InChI=1S/C25H24N2O3S/c1-16-23(15-24(28)27-19-12-20(29-2)14-21(13-19)30-3)31-25(26-16)11-18-9-6-8-17-7-4-5-10-22(17)18/h4-10,12-14H,11,15H2,1-3H3,(H,27,28). The van der Waals surface area contributed by atoms with E-state index in [2.05, 4.69) is 41.7 Å². The van der Waals surface area contributed by atoms with E-state index in [4.69, 9.17) is 14.5 Å². The Morgan fingerprint density at radius 2 is 1.71 bits per heavy atom. The summed E-state index contributed by atoms with van der Waals surface area (Å²) in [5.74, 6) is 1.15. The maximum absolute atomic E-state index is 12.7. The summed E-state index contributed by atoms with van der Waals surface area (Å²) < 4.78 is 10.5. The lowest BCUT2D eigenvalue weighted by Gasteiger charge is -2.09. The number of methoxy groups -OCH3 is 2. The van der Waals surface area contributed by atoms with Crippen LogP contribution in [0.1, 0.15) is 21.1 Å². The van der Waals surface area contributed by atoms with Gasteiger partial charge in [0.1, 0.15) is 11.5 Å². The summed E-state index contributed by atoms with van der Waals surface area (Å²) in [6.45, 7) is 1.96. The van der Waals surface area contributed by atoms with Gasteiger partial charge in [-0.25, -0.2) is 4.98 Å². The molecule has 0 saturated heterocycles. The van der Waals surface area contributed by atoms with Crippen molar-refractivity contribution >= 4 is 33.7 Å². The summed E-state index contributed by atoms with van der Waals surface area (Å²) in [7, 11) is 3.16. The smallest absolute Gasteiger partial charge is 0.229 e. The molecular formula is C25H24N2O3S. The molecule has 3 aromatic carbocycles. The molecule has 4 aromatic rings. The van der Waals surface area contributed by atoms with Gasteiger partial charge in [-0.05, 0) is 23.3 Å². The zero-order valence-corrected chi connectivity index (χ0v) is 18.6. The molecule has 0 saturated carbocycles. The lowest BCUT2D eigenvalue weighted by Crippen LogP contribution is -2.14. The summed E-state index contributed by atoms with van der Waals surface area (Å²) in [4.78, 5) is 18.4. The van der Waals surface area contributed by atoms with Gasteiger partial charge >= 0.3 is 0 Å². The Kier molecular flexibility index (Phi) is 6.18. The summed E-state index contributed by atoms with van der Waals surface area (Å²) in [6, 6.07) is 20.0. The molecule has 4 rings (SSSR count). The van der Waals surface area contributed by atoms with Crippen molar-refractivity contribution in [2.45, 2.75) is 19.8 Å². The zero-order valence-electron chi connectivity index (χ0n) is 17.8. The third-order valence-electron chi connectivity index (χ3n) is 5.11. The van der Waals surface area contributed by atoms with E-state index in [-0.39, 0.29) is 12.3 Å². The quantitative estimate of drug-likeness (QED) is 0.425. The van der Waals surface area contributed by atoms with Gasteiger partial charge in [-0.1, -0.05) is 42.5 Å². The molecule has 0 aliphatic heterocycles. The number of aryl methyl sites for hydroxylation is 1. The average Bonchev–Trinajstić information content (AvgIpc) is 3.11. The molecule has 0 fully saturated rings. The van der Waals surface area contributed by atoms with Crippen molar-refractivity contribution < 1.29 is 14.3 Å². The van der Waals surface area contributed by atoms with Crippen LogP contribution in [0.4, 0.5) is 5.69 Å². The zero-order chi connectivity index (χ0) is 21.8. The van der Waals surface area contributed by atoms with Crippen LogP contribution in [-0.4, -0.2) is 25.1 Å². The van der Waals surface area contributed by atoms with Crippen LogP contribution in [0.15, 0.2) is 60.7 Å². The summed E-state index contributed by atoms with van der Waals surface area (Å²) >= 11 is 1.60. The first-order chi connectivity index (χ1) is 15.1. The fourth-order valence-corrected chi connectivity index (χ4v) is 4.66. The molecule has 6 heteroatoms. The van der Waals surface area contributed by atoms with Crippen molar-refractivity contribution in [3.63, 3.8) is 0 Å². The number of thiazole rings is 1. The highest BCUT2D eigenvalue weighted by atomic mass is 32.1. The van der Waals surface area contributed by atoms with Gasteiger partial charge in [0.15, 0.2) is 0 Å². The molecule has 158 valence electrons. The minimum atomic E-state index is -0.0984. The van der Waals surface area contributed by atoms with Gasteiger partial charge in [0.2, 0.25) is 5.91 Å². The van der Waals surface area contributed by atoms with Crippen LogP contribution in [-0.2, 0) is 17.6 Å². The lowest BCUT2D eigenvalue weighted by molar-refractivity contribution is -0.115. The number of ether oxygens (including phenoxy) is 2. The van der Waals surface area contributed by atoms with E-state index in [1.165, 1.54) is 16.3 Å². The van der Waals surface area contributed by atoms with E-state index < -0.39 is 0 Å². The number of aromatic nitrogens is 1. The molecule has 0 atom stereocenters. The van der Waals surface area contributed by atoms with Crippen LogP contribution < -0.4 is 14.8 Å². The van der Waals surface area contributed by atoms with Crippen molar-refractivity contribution in [2.75, 3.05) is 19.5 Å². The first-order valence-electron chi connectivity index (χ1n) is 10.0. The predicted octanol–water partition coefficient (Wildman–Crippen LogP) is 5.39. The molecule has 0 aliphatic rings. The van der Waals surface area contributed by atoms with Crippen molar-refractivity contribution in [2.24, 2.45) is 0 Å². The number of carbonyl (C=O) groups is 1. The fraction of sp³-hybridized carbons (Fsp3) is 0.200. The lowest BCUT2D eigenvalue weighted by atomic mass is 10.0. The number of nitrogens with one attached hydrogen (secondary N) is 1. The van der Waals surface area contributed by atoms with Gasteiger partial charge in [0, 0.05) is 35.2 Å². The second-order valence-corrected chi connectivity index (χ2v) is 8.43. The van der Waals surface area contributed by atoms with Crippen LogP contribution in [0.2, 0.25) is 0 Å². The molecular weight excluding hydrogens is 408 g/mol. The average molecular weight is 433 g/mol. The Labute approximate surface area is 185 Å². The van der Waals surface area contributed by atoms with E-state index in [9.17, 15) is 4.79 Å². The number of rotatable bonds is 7. The molecule has 0 unspecified atom stereocenters. The Morgan fingerprint density at radius 1 is 1.00 bits per heavy atom. The number of carbonyl (C=O) groups excluding carboxylic acids is 1. The number of nitrogens with zero attached hydrogens (tertiary/aromatic N) is 1. The van der Waals surface area contributed by atoms with Crippen molar-refractivity contribution in [1.29, 1.82) is 0 Å². The minimum Gasteiger partial charge on any atom is -0.497 e. The van der Waals surface area contributed by atoms with Crippen molar-refractivity contribution in [3.8, 4) is 11.5 Å². The number of benzene rings is 3. The second kappa shape index (κ2) is 9.18. The fourth-order valence-electron chi connectivity index (χ4n) is 3.57. The third kappa shape index (κ3) is 4.86. The van der Waals surface area contributed by atoms with Crippen molar-refractivity contribution in [1.82, 2.24) is 4.98 Å². The molecule has 1 amide bonds. The van der Waals surface area contributed by atoms with Gasteiger partial charge in [-0.2, -0.15) is 0 Å². The monoisotopic (exact) mass is 432 g/mol. The van der Waals surface area contributed by atoms with Gasteiger partial charge in [0.25, 0.3) is 0 Å². The summed E-state index contributed by atoms with van der Waals surface area (Å²) in [5, 5.41) is 6.41. The Bertz CT molecular complexity index is 1210. The highest BCUT2D eigenvalue weighted by Gasteiger charge is 2.14. The molecule has 1 N–H and O–H groups in total. The maximum atomic E-state index is 12.7. The Morgan fingerprint density at radius 3 is 2.45 bits per heavy atom. The molecule has 5 nitrogen and oxygen atoms in total. The van der Waals surface area contributed by atoms with Crippen molar-refractivity contribution in [3.05, 3.63) is 81.8 Å². The first kappa shape index (κ1) is 20.9. The maximum Gasteiger partial charge on any atom is 0.229 e. The largest absolute Gasteiger partial charge is 0.497 e. The van der Waals surface area contributed by atoms with E-state index in [1.807, 2.05) is 13.0 Å². The molecule has 0 spiro atoms. The number of amides is 1. The molecule has 1 aromatic heterocycles. The van der Waals surface area contributed by atoms with E-state index in [1.54, 1.807) is 43.8 Å². The van der Waals surface area contributed by atoms with Gasteiger partial charge < -0.3 is 14.8 Å². The Balaban J connectivity index is 1.48. The number of fused-ring (bicyclic) bond motifs is 1. The molecule has 1 heterocycles. The van der Waals surface area contributed by atoms with E-state index >= 15 is 0 Å². The predicted molar refractivity (Wildman–Crippen MR) is 125 cm³/mol. The molecule has 31 heavy (non-hydrogen) atoms. The SMILES string of the molecule is COc1cc(NC(=O)Cc2sc(Cc3cccc4ccccc34)nc2C)cc(OC)c1. The molecule has 0 aliphatic carbocycles. The highest BCUT2D eigenvalue weighted by molar-refractivity contribution is 7.11. The second-order valence-electron chi connectivity index (χ2n) is 7.26. The van der Waals surface area contributed by atoms with Crippen LogP contribution in [0.5, 0.6) is 11.5 Å². The topological polar surface area (TPSA) is 60.5 Å². The molecule has 0 bridgehead atoms. The normalized spacial score (nSPS) is 10.8. The number of anilines is 1. The minimum absolute atomic E-state index is 0.0984. The van der Waals surface area contributed by atoms with Crippen LogP contribution in [0, 0.1) is 6.92 Å². The van der Waals surface area contributed by atoms with Crippen LogP contribution >= 0.6 is 11.3 Å². The number of hydrogen-bond donors (Lipinski definition) is 1. The van der Waals surface area contributed by atoms with Gasteiger partial charge in [0.05, 0.1) is 31.3 Å². The van der Waals surface area contributed by atoms with Gasteiger partial charge in [-0.15, -0.1) is 11.3 Å².